The van der Waals surface area contributed by atoms with Crippen LogP contribution >= 0.6 is 0 Å². The zero-order chi connectivity index (χ0) is 10.5. The number of nitrogens with one attached hydrogen (secondary N) is 1. The fraction of sp³-hybridized carbons (Fsp3) is 0.600. The van der Waals surface area contributed by atoms with E-state index >= 15 is 0 Å². The van der Waals surface area contributed by atoms with E-state index in [1.807, 2.05) is 0 Å². The maximum absolute atomic E-state index is 11.5. The predicted molar refractivity (Wildman–Crippen MR) is 54.2 cm³/mol. The number of ether oxygens (including phenoxy) is 1. The molecule has 1 N–H and O–H groups in total. The van der Waals surface area contributed by atoms with Gasteiger partial charge in [-0.15, -0.1) is 0 Å². The highest BCUT2D eigenvalue weighted by Gasteiger charge is 2.16. The Morgan fingerprint density at radius 3 is 3.27 bits per heavy atom. The maximum atomic E-state index is 11.5. The maximum Gasteiger partial charge on any atom is 0.241 e. The van der Waals surface area contributed by atoms with Crippen LogP contribution in [0.2, 0.25) is 0 Å². The van der Waals surface area contributed by atoms with Crippen molar-refractivity contribution >= 4 is 5.91 Å². The molecule has 1 aliphatic rings. The van der Waals surface area contributed by atoms with Crippen LogP contribution in [-0.4, -0.2) is 35.4 Å². The molecule has 1 aromatic rings. The minimum Gasteiger partial charge on any atom is -0.381 e. The number of nitrogens with zero attached hydrogens (tertiary/aromatic N) is 2. The topological polar surface area (TPSA) is 56.2 Å². The molecule has 1 fully saturated rings. The quantitative estimate of drug-likeness (QED) is 0.761. The lowest BCUT2D eigenvalue weighted by atomic mass is 10.1. The van der Waals surface area contributed by atoms with E-state index in [2.05, 4.69) is 10.4 Å². The van der Waals surface area contributed by atoms with Crippen molar-refractivity contribution in [2.45, 2.75) is 13.0 Å². The van der Waals surface area contributed by atoms with Gasteiger partial charge in [0, 0.05) is 31.5 Å². The minimum absolute atomic E-state index is 0.00519. The van der Waals surface area contributed by atoms with Crippen molar-refractivity contribution in [3.05, 3.63) is 18.5 Å². The molecule has 15 heavy (non-hydrogen) atoms. The van der Waals surface area contributed by atoms with E-state index < -0.39 is 0 Å². The molecule has 0 unspecified atom stereocenters. The fourth-order valence-electron chi connectivity index (χ4n) is 1.60. The molecule has 5 heteroatoms. The van der Waals surface area contributed by atoms with Crippen molar-refractivity contribution in [2.24, 2.45) is 5.92 Å². The molecule has 82 valence electrons. The van der Waals surface area contributed by atoms with E-state index in [1.165, 1.54) is 0 Å². The third-order valence-electron chi connectivity index (χ3n) is 2.48. The summed E-state index contributed by atoms with van der Waals surface area (Å²) in [5.74, 6) is 0.483. The Hall–Kier alpha value is -1.36. The summed E-state index contributed by atoms with van der Waals surface area (Å²) < 4.78 is 6.84. The highest BCUT2D eigenvalue weighted by molar-refractivity contribution is 5.75. The molecule has 2 rings (SSSR count). The Morgan fingerprint density at radius 2 is 2.60 bits per heavy atom. The molecule has 0 radical (unpaired) electrons. The lowest BCUT2D eigenvalue weighted by Gasteiger charge is -2.09. The monoisotopic (exact) mass is 209 g/mol. The normalized spacial score (nSPS) is 20.4. The molecule has 0 aromatic carbocycles. The molecule has 1 aromatic heterocycles. The Bertz CT molecular complexity index is 304. The van der Waals surface area contributed by atoms with Crippen LogP contribution in [0.1, 0.15) is 6.42 Å². The van der Waals surface area contributed by atoms with E-state index in [0.717, 1.165) is 19.6 Å². The predicted octanol–water partition coefficient (Wildman–Crippen LogP) is 0.0358. The first-order valence-corrected chi connectivity index (χ1v) is 5.16. The van der Waals surface area contributed by atoms with Crippen molar-refractivity contribution in [1.82, 2.24) is 15.1 Å². The van der Waals surface area contributed by atoms with Crippen molar-refractivity contribution in [3.63, 3.8) is 0 Å². The molecular weight excluding hydrogens is 194 g/mol. The molecule has 0 aliphatic carbocycles. The molecule has 1 amide bonds. The van der Waals surface area contributed by atoms with Crippen LogP contribution in [0.15, 0.2) is 18.5 Å². The molecular formula is C10H15N3O2. The van der Waals surface area contributed by atoms with Crippen LogP contribution in [0, 0.1) is 5.92 Å². The molecule has 5 nitrogen and oxygen atoms in total. The summed E-state index contributed by atoms with van der Waals surface area (Å²) in [4.78, 5) is 11.5. The van der Waals surface area contributed by atoms with Crippen LogP contribution in [0.4, 0.5) is 0 Å². The summed E-state index contributed by atoms with van der Waals surface area (Å²) >= 11 is 0. The molecule has 0 spiro atoms. The van der Waals surface area contributed by atoms with Crippen LogP contribution in [0.25, 0.3) is 0 Å². The summed E-state index contributed by atoms with van der Waals surface area (Å²) in [6, 6.07) is 1.80. The van der Waals surface area contributed by atoms with Gasteiger partial charge in [0.2, 0.25) is 5.91 Å². The summed E-state index contributed by atoms with van der Waals surface area (Å²) in [7, 11) is 0. The van der Waals surface area contributed by atoms with Crippen molar-refractivity contribution in [2.75, 3.05) is 19.8 Å². The van der Waals surface area contributed by atoms with Gasteiger partial charge in [-0.25, -0.2) is 0 Å². The van der Waals surface area contributed by atoms with E-state index in [9.17, 15) is 4.79 Å². The lowest BCUT2D eigenvalue weighted by molar-refractivity contribution is -0.122. The largest absolute Gasteiger partial charge is 0.381 e. The first-order chi connectivity index (χ1) is 7.34. The second-order valence-corrected chi connectivity index (χ2v) is 3.74. The van der Waals surface area contributed by atoms with Crippen LogP contribution in [0.5, 0.6) is 0 Å². The highest BCUT2D eigenvalue weighted by atomic mass is 16.5. The zero-order valence-electron chi connectivity index (χ0n) is 8.56. The van der Waals surface area contributed by atoms with Gasteiger partial charge in [0.05, 0.1) is 6.61 Å². The second kappa shape index (κ2) is 4.93. The molecule has 1 atom stereocenters. The number of hydrogen-bond acceptors (Lipinski definition) is 3. The van der Waals surface area contributed by atoms with E-state index in [0.29, 0.717) is 19.0 Å². The summed E-state index contributed by atoms with van der Waals surface area (Å²) in [5, 5.41) is 6.85. The Morgan fingerprint density at radius 1 is 1.67 bits per heavy atom. The Labute approximate surface area is 88.4 Å². The number of carbonyl (C=O) groups is 1. The smallest absolute Gasteiger partial charge is 0.241 e. The average molecular weight is 209 g/mol. The van der Waals surface area contributed by atoms with Gasteiger partial charge in [-0.3, -0.25) is 9.48 Å². The standard InChI is InChI=1S/C10H15N3O2/c14-10(7-13-4-1-3-12-13)11-6-9-2-5-15-8-9/h1,3-4,9H,2,5-8H2,(H,11,14)/t9-/m0/s1. The van der Waals surface area contributed by atoms with Crippen LogP contribution < -0.4 is 5.32 Å². The lowest BCUT2D eigenvalue weighted by Crippen LogP contribution is -2.32. The third kappa shape index (κ3) is 3.06. The number of aromatic nitrogens is 2. The molecule has 1 aliphatic heterocycles. The Balaban J connectivity index is 1.68. The van der Waals surface area contributed by atoms with E-state index in [-0.39, 0.29) is 5.91 Å². The SMILES string of the molecule is O=C(Cn1cccn1)NC[C@@H]1CCOC1. The first-order valence-electron chi connectivity index (χ1n) is 5.16. The number of carbonyl (C=O) groups excluding carboxylic acids is 1. The van der Waals surface area contributed by atoms with Crippen molar-refractivity contribution in [3.8, 4) is 0 Å². The second-order valence-electron chi connectivity index (χ2n) is 3.74. The number of rotatable bonds is 4. The van der Waals surface area contributed by atoms with Crippen molar-refractivity contribution < 1.29 is 9.53 Å². The fourth-order valence-corrected chi connectivity index (χ4v) is 1.60. The van der Waals surface area contributed by atoms with Gasteiger partial charge < -0.3 is 10.1 Å². The van der Waals surface area contributed by atoms with Gasteiger partial charge in [-0.1, -0.05) is 0 Å². The van der Waals surface area contributed by atoms with Gasteiger partial charge in [0.1, 0.15) is 6.54 Å². The molecule has 0 saturated carbocycles. The molecule has 1 saturated heterocycles. The van der Waals surface area contributed by atoms with E-state index in [4.69, 9.17) is 4.74 Å². The summed E-state index contributed by atoms with van der Waals surface area (Å²) in [6.07, 6.45) is 4.48. The van der Waals surface area contributed by atoms with Gasteiger partial charge in [0.15, 0.2) is 0 Å². The number of hydrogen-bond donors (Lipinski definition) is 1. The Kier molecular flexibility index (Phi) is 3.34. The average Bonchev–Trinajstić information content (AvgIpc) is 2.86. The zero-order valence-corrected chi connectivity index (χ0v) is 8.56. The van der Waals surface area contributed by atoms with Crippen LogP contribution in [-0.2, 0) is 16.1 Å². The van der Waals surface area contributed by atoms with Gasteiger partial charge in [0.25, 0.3) is 0 Å². The third-order valence-corrected chi connectivity index (χ3v) is 2.48. The molecule has 2 heterocycles. The minimum atomic E-state index is 0.00519. The van der Waals surface area contributed by atoms with E-state index in [1.54, 1.807) is 23.1 Å². The molecule has 0 bridgehead atoms. The highest BCUT2D eigenvalue weighted by Crippen LogP contribution is 2.10. The summed E-state index contributed by atoms with van der Waals surface area (Å²) in [5.41, 5.74) is 0. The summed E-state index contributed by atoms with van der Waals surface area (Å²) in [6.45, 7) is 2.59. The van der Waals surface area contributed by atoms with Gasteiger partial charge in [-0.05, 0) is 12.5 Å². The first kappa shape index (κ1) is 10.2. The number of amides is 1. The van der Waals surface area contributed by atoms with Gasteiger partial charge >= 0.3 is 0 Å². The van der Waals surface area contributed by atoms with Gasteiger partial charge in [-0.2, -0.15) is 5.10 Å². The van der Waals surface area contributed by atoms with Crippen molar-refractivity contribution in [1.29, 1.82) is 0 Å². The van der Waals surface area contributed by atoms with Crippen LogP contribution in [0.3, 0.4) is 0 Å².